The lowest BCUT2D eigenvalue weighted by Gasteiger charge is -2.33. The first-order valence-corrected chi connectivity index (χ1v) is 5.73. The summed E-state index contributed by atoms with van der Waals surface area (Å²) in [6.45, 7) is 6.14. The summed E-state index contributed by atoms with van der Waals surface area (Å²) < 4.78 is 5.79. The van der Waals surface area contributed by atoms with Crippen molar-refractivity contribution in [2.45, 2.75) is 32.4 Å². The molecule has 2 atom stereocenters. The molecule has 0 unspecified atom stereocenters. The Hall–Kier alpha value is -0.860. The van der Waals surface area contributed by atoms with Crippen LogP contribution < -0.4 is 5.32 Å². The molecule has 0 aromatic heterocycles. The molecule has 1 fully saturated rings. The largest absolute Gasteiger partial charge is 0.375 e. The fraction of sp³-hybridized carbons (Fsp3) is 0.538. The third-order valence-corrected chi connectivity index (χ3v) is 3.10. The first-order valence-electron chi connectivity index (χ1n) is 5.73. The summed E-state index contributed by atoms with van der Waals surface area (Å²) in [5.74, 6) is 0. The van der Waals surface area contributed by atoms with Crippen molar-refractivity contribution in [2.75, 3.05) is 13.2 Å². The van der Waals surface area contributed by atoms with E-state index in [4.69, 9.17) is 4.74 Å². The molecule has 2 nitrogen and oxygen atoms in total. The molecule has 1 aromatic rings. The summed E-state index contributed by atoms with van der Waals surface area (Å²) in [7, 11) is 0. The quantitative estimate of drug-likeness (QED) is 0.800. The van der Waals surface area contributed by atoms with Crippen molar-refractivity contribution in [3.8, 4) is 0 Å². The number of hydrogen-bond donors (Lipinski definition) is 1. The minimum atomic E-state index is 0.319. The van der Waals surface area contributed by atoms with Gasteiger partial charge in [-0.25, -0.2) is 0 Å². The zero-order valence-electron chi connectivity index (χ0n) is 9.49. The zero-order chi connectivity index (χ0) is 10.7. The second-order valence-corrected chi connectivity index (χ2v) is 4.11. The highest BCUT2D eigenvalue weighted by atomic mass is 16.5. The SMILES string of the molecule is CC[C@@H]1OCCN[C@H]1c1ccccc1C. The maximum absolute atomic E-state index is 5.79. The topological polar surface area (TPSA) is 21.3 Å². The van der Waals surface area contributed by atoms with Gasteiger partial charge in [-0.3, -0.25) is 0 Å². The number of ether oxygens (including phenoxy) is 1. The van der Waals surface area contributed by atoms with E-state index in [9.17, 15) is 0 Å². The van der Waals surface area contributed by atoms with Crippen LogP contribution in [0.25, 0.3) is 0 Å². The third kappa shape index (κ3) is 2.21. The lowest BCUT2D eigenvalue weighted by atomic mass is 9.95. The Morgan fingerprint density at radius 3 is 2.93 bits per heavy atom. The van der Waals surface area contributed by atoms with E-state index >= 15 is 0 Å². The zero-order valence-corrected chi connectivity index (χ0v) is 9.49. The molecule has 1 aliphatic rings. The van der Waals surface area contributed by atoms with Crippen LogP contribution in [0.2, 0.25) is 0 Å². The number of benzene rings is 1. The van der Waals surface area contributed by atoms with Crippen molar-refractivity contribution >= 4 is 0 Å². The highest BCUT2D eigenvalue weighted by Crippen LogP contribution is 2.26. The van der Waals surface area contributed by atoms with E-state index in [-0.39, 0.29) is 0 Å². The molecule has 1 aliphatic heterocycles. The second-order valence-electron chi connectivity index (χ2n) is 4.11. The predicted molar refractivity (Wildman–Crippen MR) is 62.0 cm³/mol. The number of rotatable bonds is 2. The fourth-order valence-corrected chi connectivity index (χ4v) is 2.25. The molecule has 0 amide bonds. The molecular formula is C13H19NO. The van der Waals surface area contributed by atoms with Gasteiger partial charge in [0.2, 0.25) is 0 Å². The van der Waals surface area contributed by atoms with Crippen LogP contribution in [0.5, 0.6) is 0 Å². The molecular weight excluding hydrogens is 186 g/mol. The molecule has 0 spiro atoms. The molecule has 15 heavy (non-hydrogen) atoms. The normalized spacial score (nSPS) is 26.5. The minimum absolute atomic E-state index is 0.319. The number of morpholine rings is 1. The minimum Gasteiger partial charge on any atom is -0.375 e. The molecule has 0 radical (unpaired) electrons. The number of hydrogen-bond acceptors (Lipinski definition) is 2. The summed E-state index contributed by atoms with van der Waals surface area (Å²) in [4.78, 5) is 0. The Balaban J connectivity index is 2.24. The van der Waals surface area contributed by atoms with Gasteiger partial charge < -0.3 is 10.1 Å². The monoisotopic (exact) mass is 205 g/mol. The summed E-state index contributed by atoms with van der Waals surface area (Å²) in [6.07, 6.45) is 1.38. The van der Waals surface area contributed by atoms with Crippen LogP contribution in [0.3, 0.4) is 0 Å². The molecule has 0 bridgehead atoms. The van der Waals surface area contributed by atoms with E-state index < -0.39 is 0 Å². The lowest BCUT2D eigenvalue weighted by molar-refractivity contribution is -0.00663. The molecule has 0 saturated carbocycles. The van der Waals surface area contributed by atoms with E-state index in [1.165, 1.54) is 11.1 Å². The van der Waals surface area contributed by atoms with Gasteiger partial charge in [0.05, 0.1) is 18.8 Å². The standard InChI is InChI=1S/C13H19NO/c1-3-12-13(14-8-9-15-12)11-7-5-4-6-10(11)2/h4-7,12-14H,3,8-9H2,1-2H3/t12-,13-/m0/s1. The van der Waals surface area contributed by atoms with E-state index in [2.05, 4.69) is 43.4 Å². The van der Waals surface area contributed by atoms with Crippen LogP contribution in [0.15, 0.2) is 24.3 Å². The lowest BCUT2D eigenvalue weighted by Crippen LogP contribution is -2.41. The van der Waals surface area contributed by atoms with Gasteiger partial charge in [0.25, 0.3) is 0 Å². The maximum atomic E-state index is 5.79. The van der Waals surface area contributed by atoms with Gasteiger partial charge >= 0.3 is 0 Å². The summed E-state index contributed by atoms with van der Waals surface area (Å²) in [6, 6.07) is 8.92. The first-order chi connectivity index (χ1) is 7.33. The molecule has 1 saturated heterocycles. The Morgan fingerprint density at radius 1 is 1.40 bits per heavy atom. The van der Waals surface area contributed by atoms with Crippen molar-refractivity contribution in [3.63, 3.8) is 0 Å². The van der Waals surface area contributed by atoms with Crippen LogP contribution in [-0.4, -0.2) is 19.3 Å². The van der Waals surface area contributed by atoms with Crippen molar-refractivity contribution < 1.29 is 4.74 Å². The van der Waals surface area contributed by atoms with E-state index in [0.717, 1.165) is 19.6 Å². The maximum Gasteiger partial charge on any atom is 0.0767 e. The summed E-state index contributed by atoms with van der Waals surface area (Å²) >= 11 is 0. The fourth-order valence-electron chi connectivity index (χ4n) is 2.25. The van der Waals surface area contributed by atoms with Gasteiger partial charge in [0.1, 0.15) is 0 Å². The van der Waals surface area contributed by atoms with Crippen molar-refractivity contribution in [2.24, 2.45) is 0 Å². The summed E-state index contributed by atoms with van der Waals surface area (Å²) in [5, 5.41) is 3.55. The van der Waals surface area contributed by atoms with E-state index in [0.29, 0.717) is 12.1 Å². The Labute approximate surface area is 91.6 Å². The molecule has 1 heterocycles. The van der Waals surface area contributed by atoms with Gasteiger partial charge in [-0.2, -0.15) is 0 Å². The Morgan fingerprint density at radius 2 is 2.20 bits per heavy atom. The first kappa shape index (κ1) is 10.7. The molecule has 0 aliphatic carbocycles. The van der Waals surface area contributed by atoms with Crippen LogP contribution in [-0.2, 0) is 4.74 Å². The van der Waals surface area contributed by atoms with Gasteiger partial charge in [-0.15, -0.1) is 0 Å². The molecule has 1 N–H and O–H groups in total. The number of aryl methyl sites for hydroxylation is 1. The van der Waals surface area contributed by atoms with E-state index in [1.54, 1.807) is 0 Å². The van der Waals surface area contributed by atoms with Crippen LogP contribution >= 0.6 is 0 Å². The Kier molecular flexibility index (Phi) is 3.39. The average Bonchev–Trinajstić information content (AvgIpc) is 2.30. The molecule has 1 aromatic carbocycles. The van der Waals surface area contributed by atoms with Crippen molar-refractivity contribution in [1.82, 2.24) is 5.32 Å². The molecule has 2 heteroatoms. The van der Waals surface area contributed by atoms with Crippen LogP contribution in [0, 0.1) is 6.92 Å². The highest BCUT2D eigenvalue weighted by Gasteiger charge is 2.26. The predicted octanol–water partition coefficient (Wildman–Crippen LogP) is 2.43. The highest BCUT2D eigenvalue weighted by molar-refractivity contribution is 5.29. The van der Waals surface area contributed by atoms with Crippen LogP contribution in [0.4, 0.5) is 0 Å². The van der Waals surface area contributed by atoms with Gasteiger partial charge in [0, 0.05) is 6.54 Å². The van der Waals surface area contributed by atoms with Crippen LogP contribution in [0.1, 0.15) is 30.5 Å². The van der Waals surface area contributed by atoms with E-state index in [1.807, 2.05) is 0 Å². The van der Waals surface area contributed by atoms with Gasteiger partial charge in [-0.05, 0) is 24.5 Å². The second kappa shape index (κ2) is 4.77. The average molecular weight is 205 g/mol. The van der Waals surface area contributed by atoms with Gasteiger partial charge in [0.15, 0.2) is 0 Å². The smallest absolute Gasteiger partial charge is 0.0767 e. The third-order valence-electron chi connectivity index (χ3n) is 3.10. The van der Waals surface area contributed by atoms with Crippen molar-refractivity contribution in [3.05, 3.63) is 35.4 Å². The van der Waals surface area contributed by atoms with Gasteiger partial charge in [-0.1, -0.05) is 31.2 Å². The van der Waals surface area contributed by atoms with Crippen molar-refractivity contribution in [1.29, 1.82) is 0 Å². The Bertz CT molecular complexity index is 324. The summed E-state index contributed by atoms with van der Waals surface area (Å²) in [5.41, 5.74) is 2.73. The molecule has 82 valence electrons. The number of nitrogens with one attached hydrogen (secondary N) is 1. The molecule has 2 rings (SSSR count).